The molecule has 1 N–H and O–H groups in total. The molecule has 0 saturated carbocycles. The monoisotopic (exact) mass is 292 g/mol. The van der Waals surface area contributed by atoms with Gasteiger partial charge < -0.3 is 14.7 Å². The van der Waals surface area contributed by atoms with Crippen LogP contribution in [0.5, 0.6) is 0 Å². The van der Waals surface area contributed by atoms with E-state index >= 15 is 0 Å². The van der Waals surface area contributed by atoms with Crippen molar-refractivity contribution in [3.63, 3.8) is 0 Å². The highest BCUT2D eigenvalue weighted by Gasteiger charge is 2.23. The van der Waals surface area contributed by atoms with Crippen molar-refractivity contribution in [2.24, 2.45) is 0 Å². The van der Waals surface area contributed by atoms with Crippen molar-refractivity contribution in [1.82, 2.24) is 9.88 Å². The largest absolute Gasteiger partial charge is 0.481 e. The normalized spacial score (nSPS) is 17.6. The minimum absolute atomic E-state index is 0.0210. The first-order valence-corrected chi connectivity index (χ1v) is 7.15. The molecule has 1 aromatic heterocycles. The number of carbonyl (C=O) groups is 2. The fourth-order valence-electron chi connectivity index (χ4n) is 2.37. The number of nitrogens with zero attached hydrogens (tertiary/aromatic N) is 2. The van der Waals surface area contributed by atoms with Crippen LogP contribution in [0.1, 0.15) is 31.2 Å². The van der Waals surface area contributed by atoms with Gasteiger partial charge in [0.1, 0.15) is 0 Å². The quantitative estimate of drug-likeness (QED) is 0.823. The molecule has 0 radical (unpaired) electrons. The minimum atomic E-state index is -0.954. The molecule has 0 aliphatic carbocycles. The maximum atomic E-state index is 12.2. The molecule has 1 saturated heterocycles. The molecule has 1 aliphatic rings. The lowest BCUT2D eigenvalue weighted by atomic mass is 10.1. The Labute approximate surface area is 123 Å². The molecule has 1 unspecified atom stereocenters. The zero-order chi connectivity index (χ0) is 15.1. The number of hydrogen-bond donors (Lipinski definition) is 1. The molecule has 1 atom stereocenters. The number of carboxylic acids is 1. The first kappa shape index (κ1) is 15.4. The predicted octanol–water partition coefficient (Wildman–Crippen LogP) is 1.45. The highest BCUT2D eigenvalue weighted by Crippen LogP contribution is 2.16. The summed E-state index contributed by atoms with van der Waals surface area (Å²) in [7, 11) is 0. The second kappa shape index (κ2) is 7.73. The van der Waals surface area contributed by atoms with Gasteiger partial charge in [-0.1, -0.05) is 0 Å². The van der Waals surface area contributed by atoms with Gasteiger partial charge in [0.2, 0.25) is 5.91 Å². The van der Waals surface area contributed by atoms with Crippen molar-refractivity contribution >= 4 is 11.9 Å². The van der Waals surface area contributed by atoms with Crippen LogP contribution in [0.2, 0.25) is 0 Å². The SMILES string of the molecule is O=C(O)CCC(=O)N(Cc1ccncc1)CC1CCCO1. The van der Waals surface area contributed by atoms with Crippen LogP contribution < -0.4 is 0 Å². The fourth-order valence-corrected chi connectivity index (χ4v) is 2.37. The molecular formula is C15H20N2O4. The first-order chi connectivity index (χ1) is 10.1. The topological polar surface area (TPSA) is 79.7 Å². The lowest BCUT2D eigenvalue weighted by molar-refractivity contribution is -0.141. The van der Waals surface area contributed by atoms with Gasteiger partial charge in [-0.05, 0) is 30.5 Å². The van der Waals surface area contributed by atoms with E-state index in [4.69, 9.17) is 9.84 Å². The number of pyridine rings is 1. The van der Waals surface area contributed by atoms with Gasteiger partial charge in [-0.15, -0.1) is 0 Å². The van der Waals surface area contributed by atoms with Gasteiger partial charge in [-0.2, -0.15) is 0 Å². The molecular weight excluding hydrogens is 272 g/mol. The first-order valence-electron chi connectivity index (χ1n) is 7.15. The molecule has 1 fully saturated rings. The number of ether oxygens (including phenoxy) is 1. The van der Waals surface area contributed by atoms with Crippen molar-refractivity contribution in [3.8, 4) is 0 Å². The molecule has 1 amide bonds. The summed E-state index contributed by atoms with van der Waals surface area (Å²) in [6.45, 7) is 1.71. The smallest absolute Gasteiger partial charge is 0.303 e. The van der Waals surface area contributed by atoms with Crippen LogP contribution in [0.3, 0.4) is 0 Å². The van der Waals surface area contributed by atoms with Gasteiger partial charge in [-0.3, -0.25) is 14.6 Å². The highest BCUT2D eigenvalue weighted by molar-refractivity contribution is 5.80. The Balaban J connectivity index is 1.98. The highest BCUT2D eigenvalue weighted by atomic mass is 16.5. The molecule has 0 bridgehead atoms. The average molecular weight is 292 g/mol. The standard InChI is InChI=1S/C15H20N2O4/c18-14(3-4-15(19)20)17(11-13-2-1-9-21-13)10-12-5-7-16-8-6-12/h5-8,13H,1-4,9-11H2,(H,19,20). The Morgan fingerprint density at radius 2 is 2.10 bits per heavy atom. The summed E-state index contributed by atoms with van der Waals surface area (Å²) in [5.41, 5.74) is 0.978. The van der Waals surface area contributed by atoms with Crippen LogP contribution in [0.4, 0.5) is 0 Å². The maximum Gasteiger partial charge on any atom is 0.303 e. The van der Waals surface area contributed by atoms with E-state index in [0.29, 0.717) is 13.1 Å². The minimum Gasteiger partial charge on any atom is -0.481 e. The number of rotatable bonds is 7. The molecule has 0 aromatic carbocycles. The molecule has 2 rings (SSSR count). The van der Waals surface area contributed by atoms with Gasteiger partial charge in [0.05, 0.1) is 12.5 Å². The molecule has 1 aromatic rings. The van der Waals surface area contributed by atoms with Gasteiger partial charge in [0, 0.05) is 38.5 Å². The lowest BCUT2D eigenvalue weighted by Crippen LogP contribution is -2.37. The van der Waals surface area contributed by atoms with E-state index in [2.05, 4.69) is 4.98 Å². The van der Waals surface area contributed by atoms with E-state index in [1.165, 1.54) is 0 Å². The number of carboxylic acid groups (broad SMARTS) is 1. The Bertz CT molecular complexity index is 472. The number of hydrogen-bond acceptors (Lipinski definition) is 4. The maximum absolute atomic E-state index is 12.2. The fraction of sp³-hybridized carbons (Fsp3) is 0.533. The van der Waals surface area contributed by atoms with E-state index < -0.39 is 5.97 Å². The van der Waals surface area contributed by atoms with Crippen LogP contribution in [0, 0.1) is 0 Å². The Hall–Kier alpha value is -1.95. The zero-order valence-electron chi connectivity index (χ0n) is 11.9. The summed E-state index contributed by atoms with van der Waals surface area (Å²) in [4.78, 5) is 28.5. The number of aliphatic carboxylic acids is 1. The van der Waals surface area contributed by atoms with Gasteiger partial charge in [0.25, 0.3) is 0 Å². The van der Waals surface area contributed by atoms with Crippen LogP contribution in [0.15, 0.2) is 24.5 Å². The van der Waals surface area contributed by atoms with Crippen LogP contribution in [0.25, 0.3) is 0 Å². The molecule has 114 valence electrons. The van der Waals surface area contributed by atoms with Gasteiger partial charge in [0.15, 0.2) is 0 Å². The molecule has 6 heteroatoms. The van der Waals surface area contributed by atoms with E-state index in [1.54, 1.807) is 17.3 Å². The summed E-state index contributed by atoms with van der Waals surface area (Å²) in [5, 5.41) is 8.71. The van der Waals surface area contributed by atoms with Crippen molar-refractivity contribution in [3.05, 3.63) is 30.1 Å². The summed E-state index contributed by atoms with van der Waals surface area (Å²) in [5.74, 6) is -1.10. The summed E-state index contributed by atoms with van der Waals surface area (Å²) < 4.78 is 5.57. The third-order valence-electron chi connectivity index (χ3n) is 3.48. The Morgan fingerprint density at radius 3 is 2.71 bits per heavy atom. The molecule has 2 heterocycles. The molecule has 0 spiro atoms. The molecule has 21 heavy (non-hydrogen) atoms. The summed E-state index contributed by atoms with van der Waals surface area (Å²) >= 11 is 0. The molecule has 6 nitrogen and oxygen atoms in total. The van der Waals surface area contributed by atoms with E-state index in [0.717, 1.165) is 25.0 Å². The van der Waals surface area contributed by atoms with Crippen molar-refractivity contribution in [1.29, 1.82) is 0 Å². The van der Waals surface area contributed by atoms with Crippen molar-refractivity contribution < 1.29 is 19.4 Å². The molecule has 1 aliphatic heterocycles. The lowest BCUT2D eigenvalue weighted by Gasteiger charge is -2.25. The second-order valence-corrected chi connectivity index (χ2v) is 5.16. The van der Waals surface area contributed by atoms with Gasteiger partial charge in [-0.25, -0.2) is 0 Å². The number of amides is 1. The Morgan fingerprint density at radius 1 is 1.33 bits per heavy atom. The van der Waals surface area contributed by atoms with Crippen LogP contribution in [-0.2, 0) is 20.9 Å². The van der Waals surface area contributed by atoms with Crippen LogP contribution >= 0.6 is 0 Å². The predicted molar refractivity (Wildman–Crippen MR) is 75.5 cm³/mol. The summed E-state index contributed by atoms with van der Waals surface area (Å²) in [6.07, 6.45) is 5.25. The van der Waals surface area contributed by atoms with E-state index in [9.17, 15) is 9.59 Å². The average Bonchev–Trinajstić information content (AvgIpc) is 2.98. The number of aromatic nitrogens is 1. The third kappa shape index (κ3) is 5.15. The van der Waals surface area contributed by atoms with Gasteiger partial charge >= 0.3 is 5.97 Å². The van der Waals surface area contributed by atoms with Crippen LogP contribution in [-0.4, -0.2) is 46.1 Å². The Kier molecular flexibility index (Phi) is 5.68. The van der Waals surface area contributed by atoms with E-state index in [-0.39, 0.29) is 24.9 Å². The zero-order valence-corrected chi connectivity index (χ0v) is 11.9. The number of carbonyl (C=O) groups excluding carboxylic acids is 1. The van der Waals surface area contributed by atoms with E-state index in [1.807, 2.05) is 12.1 Å². The second-order valence-electron chi connectivity index (χ2n) is 5.16. The van der Waals surface area contributed by atoms with Crippen molar-refractivity contribution in [2.75, 3.05) is 13.2 Å². The third-order valence-corrected chi connectivity index (χ3v) is 3.48. The van der Waals surface area contributed by atoms with Crippen molar-refractivity contribution in [2.45, 2.75) is 38.3 Å². The summed E-state index contributed by atoms with van der Waals surface area (Å²) in [6, 6.07) is 3.71.